The number of nitrogens with zero attached hydrogens (tertiary/aromatic N) is 3. The fourth-order valence-corrected chi connectivity index (χ4v) is 7.17. The SMILES string of the molecule is COc1cc(C)c2c(ccn2COCC[Si](C)(C)C)c1C(C)(C=O)c1nc2ccc(Br)cc2n1COCC[Si](C)(C)C. The van der Waals surface area contributed by atoms with Crippen LogP contribution in [0.25, 0.3) is 21.9 Å². The summed E-state index contributed by atoms with van der Waals surface area (Å²) in [6.45, 7) is 20.3. The van der Waals surface area contributed by atoms with Gasteiger partial charge in [0.15, 0.2) is 0 Å². The number of carbonyl (C=O) groups is 1. The lowest BCUT2D eigenvalue weighted by molar-refractivity contribution is -0.111. The maximum absolute atomic E-state index is 13.3. The predicted octanol–water partition coefficient (Wildman–Crippen LogP) is 8.20. The van der Waals surface area contributed by atoms with Crippen LogP contribution in [0.5, 0.6) is 5.75 Å². The van der Waals surface area contributed by atoms with Crippen molar-refractivity contribution in [1.82, 2.24) is 14.1 Å². The average molecular weight is 673 g/mol. The molecule has 0 bridgehead atoms. The molecule has 2 aromatic carbocycles. The van der Waals surface area contributed by atoms with E-state index in [9.17, 15) is 4.79 Å². The second-order valence-electron chi connectivity index (χ2n) is 13.8. The minimum Gasteiger partial charge on any atom is -0.496 e. The highest BCUT2D eigenvalue weighted by Crippen LogP contribution is 2.43. The summed E-state index contributed by atoms with van der Waals surface area (Å²) in [5.74, 6) is 1.28. The van der Waals surface area contributed by atoms with E-state index in [0.717, 1.165) is 62.5 Å². The van der Waals surface area contributed by atoms with Crippen molar-refractivity contribution in [3.8, 4) is 5.75 Å². The van der Waals surface area contributed by atoms with Crippen molar-refractivity contribution in [1.29, 1.82) is 0 Å². The molecular formula is C32H46BrN3O4Si2. The van der Waals surface area contributed by atoms with Gasteiger partial charge in [-0.3, -0.25) is 0 Å². The van der Waals surface area contributed by atoms with Crippen molar-refractivity contribution in [3.63, 3.8) is 0 Å². The van der Waals surface area contributed by atoms with Crippen molar-refractivity contribution in [2.45, 2.75) is 84.1 Å². The molecule has 2 heterocycles. The number of aryl methyl sites for hydroxylation is 1. The van der Waals surface area contributed by atoms with Gasteiger partial charge in [0.25, 0.3) is 0 Å². The highest BCUT2D eigenvalue weighted by molar-refractivity contribution is 9.10. The predicted molar refractivity (Wildman–Crippen MR) is 181 cm³/mol. The number of ether oxygens (including phenoxy) is 3. The first kappa shape index (κ1) is 32.7. The molecular weight excluding hydrogens is 626 g/mol. The van der Waals surface area contributed by atoms with Crippen LogP contribution in [0.4, 0.5) is 0 Å². The maximum atomic E-state index is 13.3. The molecule has 4 aromatic rings. The van der Waals surface area contributed by atoms with Crippen molar-refractivity contribution in [3.05, 3.63) is 58.0 Å². The van der Waals surface area contributed by atoms with E-state index in [-0.39, 0.29) is 0 Å². The van der Waals surface area contributed by atoms with Crippen LogP contribution < -0.4 is 4.74 Å². The van der Waals surface area contributed by atoms with Crippen LogP contribution in [-0.2, 0) is 33.1 Å². The van der Waals surface area contributed by atoms with Crippen molar-refractivity contribution < 1.29 is 19.0 Å². The van der Waals surface area contributed by atoms with Crippen LogP contribution in [0.1, 0.15) is 23.9 Å². The number of methoxy groups -OCH3 is 1. The minimum absolute atomic E-state index is 0.305. The topological polar surface area (TPSA) is 67.5 Å². The molecule has 2 aromatic heterocycles. The van der Waals surface area contributed by atoms with Crippen LogP contribution in [-0.4, -0.2) is 56.9 Å². The lowest BCUT2D eigenvalue weighted by atomic mass is 9.79. The van der Waals surface area contributed by atoms with Gasteiger partial charge in [0.2, 0.25) is 0 Å². The van der Waals surface area contributed by atoms with E-state index in [2.05, 4.69) is 72.8 Å². The molecule has 1 unspecified atom stereocenters. The number of benzene rings is 2. The first-order valence-corrected chi connectivity index (χ1v) is 22.8. The molecule has 42 heavy (non-hydrogen) atoms. The summed E-state index contributed by atoms with van der Waals surface area (Å²) in [5.41, 5.74) is 3.49. The lowest BCUT2D eigenvalue weighted by Crippen LogP contribution is -2.31. The lowest BCUT2D eigenvalue weighted by Gasteiger charge is -2.28. The molecule has 0 fully saturated rings. The molecule has 0 saturated heterocycles. The van der Waals surface area contributed by atoms with Gasteiger partial charge < -0.3 is 28.1 Å². The highest BCUT2D eigenvalue weighted by atomic mass is 79.9. The van der Waals surface area contributed by atoms with Gasteiger partial charge in [-0.1, -0.05) is 55.2 Å². The minimum atomic E-state index is -1.26. The molecule has 0 spiro atoms. The number of hydrogen-bond acceptors (Lipinski definition) is 5. The number of carbonyl (C=O) groups excluding carboxylic acids is 1. The molecule has 0 saturated carbocycles. The normalized spacial score (nSPS) is 14.0. The number of halogens is 1. The van der Waals surface area contributed by atoms with Gasteiger partial charge in [-0.05, 0) is 61.8 Å². The molecule has 0 radical (unpaired) electrons. The summed E-state index contributed by atoms with van der Waals surface area (Å²) in [6.07, 6.45) is 3.04. The van der Waals surface area contributed by atoms with E-state index < -0.39 is 21.6 Å². The smallest absolute Gasteiger partial charge is 0.138 e. The van der Waals surface area contributed by atoms with Gasteiger partial charge in [0, 0.05) is 51.0 Å². The molecule has 10 heteroatoms. The van der Waals surface area contributed by atoms with E-state index in [1.165, 1.54) is 0 Å². The summed E-state index contributed by atoms with van der Waals surface area (Å²) in [4.78, 5) is 18.4. The van der Waals surface area contributed by atoms with Gasteiger partial charge in [-0.2, -0.15) is 0 Å². The number of fused-ring (bicyclic) bond motifs is 2. The third kappa shape index (κ3) is 7.10. The fourth-order valence-electron chi connectivity index (χ4n) is 5.31. The Kier molecular flexibility index (Phi) is 9.94. The zero-order valence-corrected chi connectivity index (χ0v) is 30.2. The third-order valence-electron chi connectivity index (χ3n) is 7.79. The van der Waals surface area contributed by atoms with E-state index in [1.54, 1.807) is 7.11 Å². The standard InChI is InChI=1S/C32H46BrN3O4Si2/c1-23-18-28(38-3)29(25-12-13-35(30(23)25)21-39-14-16-41(4,5)6)32(2,20-37)31-34-26-11-10-24(33)19-27(26)36(31)22-40-15-17-42(7,8)9/h10-13,18-20H,14-17,21-22H2,1-9H3. The van der Waals surface area contributed by atoms with Crippen LogP contribution in [0.2, 0.25) is 51.4 Å². The van der Waals surface area contributed by atoms with E-state index in [4.69, 9.17) is 19.2 Å². The van der Waals surface area contributed by atoms with Gasteiger partial charge in [0.05, 0.1) is 23.7 Å². The monoisotopic (exact) mass is 671 g/mol. The number of aldehydes is 1. The van der Waals surface area contributed by atoms with Crippen LogP contribution in [0.15, 0.2) is 41.0 Å². The Hall–Kier alpha value is -2.25. The Morgan fingerprint density at radius 2 is 1.62 bits per heavy atom. The zero-order chi connectivity index (χ0) is 30.9. The second kappa shape index (κ2) is 12.8. The van der Waals surface area contributed by atoms with Crippen molar-refractivity contribution >= 4 is 60.3 Å². The van der Waals surface area contributed by atoms with E-state index >= 15 is 0 Å². The van der Waals surface area contributed by atoms with Gasteiger partial charge in [0.1, 0.15) is 36.7 Å². The number of imidazole rings is 1. The van der Waals surface area contributed by atoms with Gasteiger partial charge in [-0.25, -0.2) is 4.98 Å². The number of hydrogen-bond donors (Lipinski definition) is 0. The largest absolute Gasteiger partial charge is 0.496 e. The Bertz CT molecular complexity index is 1570. The summed E-state index contributed by atoms with van der Waals surface area (Å²) in [5, 5.41) is 0.953. The molecule has 7 nitrogen and oxygen atoms in total. The maximum Gasteiger partial charge on any atom is 0.138 e. The zero-order valence-electron chi connectivity index (χ0n) is 26.6. The summed E-state index contributed by atoms with van der Waals surface area (Å²) in [7, 11) is -0.790. The molecule has 1 atom stereocenters. The molecule has 228 valence electrons. The first-order valence-electron chi connectivity index (χ1n) is 14.6. The summed E-state index contributed by atoms with van der Waals surface area (Å²) >= 11 is 3.62. The van der Waals surface area contributed by atoms with E-state index in [1.807, 2.05) is 42.0 Å². The second-order valence-corrected chi connectivity index (χ2v) is 26.0. The quantitative estimate of drug-likeness (QED) is 0.0768. The summed E-state index contributed by atoms with van der Waals surface area (Å²) < 4.78 is 23.4. The molecule has 0 amide bonds. The van der Waals surface area contributed by atoms with Crippen LogP contribution in [0.3, 0.4) is 0 Å². The first-order chi connectivity index (χ1) is 19.7. The Morgan fingerprint density at radius 1 is 0.976 bits per heavy atom. The van der Waals surface area contributed by atoms with Crippen molar-refractivity contribution in [2.75, 3.05) is 20.3 Å². The van der Waals surface area contributed by atoms with E-state index in [0.29, 0.717) is 31.6 Å². The third-order valence-corrected chi connectivity index (χ3v) is 11.7. The summed E-state index contributed by atoms with van der Waals surface area (Å²) in [6, 6.07) is 12.2. The number of aromatic nitrogens is 3. The highest BCUT2D eigenvalue weighted by Gasteiger charge is 2.39. The molecule has 4 rings (SSSR count). The molecule has 0 aliphatic rings. The number of rotatable bonds is 14. The Labute approximate surface area is 260 Å². The Balaban J connectivity index is 1.83. The Morgan fingerprint density at radius 3 is 2.21 bits per heavy atom. The van der Waals surface area contributed by atoms with Gasteiger partial charge in [-0.15, -0.1) is 0 Å². The van der Waals surface area contributed by atoms with Crippen molar-refractivity contribution in [2.24, 2.45) is 0 Å². The fraction of sp³-hybridized carbons (Fsp3) is 0.500. The molecule has 0 aliphatic heterocycles. The average Bonchev–Trinajstić information content (AvgIpc) is 3.49. The molecule has 0 aliphatic carbocycles. The van der Waals surface area contributed by atoms with Crippen LogP contribution >= 0.6 is 15.9 Å². The van der Waals surface area contributed by atoms with Crippen LogP contribution in [0, 0.1) is 6.92 Å². The molecule has 0 N–H and O–H groups in total. The van der Waals surface area contributed by atoms with Gasteiger partial charge >= 0.3 is 0 Å².